The van der Waals surface area contributed by atoms with Gasteiger partial charge in [0.15, 0.2) is 6.61 Å². The van der Waals surface area contributed by atoms with Crippen molar-refractivity contribution in [2.45, 2.75) is 0 Å². The molecule has 1 amide bonds. The molecule has 2 rings (SSSR count). The van der Waals surface area contributed by atoms with Crippen molar-refractivity contribution >= 4 is 17.5 Å². The normalized spacial score (nSPS) is 10.0. The zero-order valence-corrected chi connectivity index (χ0v) is 11.7. The van der Waals surface area contributed by atoms with Gasteiger partial charge in [0.25, 0.3) is 5.91 Å². The molecule has 7 heteroatoms. The SMILES string of the molecule is CN(C)c1ncc(NC(=O)COc2ccc(F)cc2)cn1. The summed E-state index contributed by atoms with van der Waals surface area (Å²) in [7, 11) is 3.65. The molecule has 0 bridgehead atoms. The second-order valence-corrected chi connectivity index (χ2v) is 4.46. The van der Waals surface area contributed by atoms with E-state index >= 15 is 0 Å². The minimum absolute atomic E-state index is 0.179. The van der Waals surface area contributed by atoms with E-state index in [-0.39, 0.29) is 18.3 Å². The van der Waals surface area contributed by atoms with Gasteiger partial charge >= 0.3 is 0 Å². The largest absolute Gasteiger partial charge is 0.484 e. The third-order valence-corrected chi connectivity index (χ3v) is 2.51. The van der Waals surface area contributed by atoms with Crippen molar-refractivity contribution < 1.29 is 13.9 Å². The van der Waals surface area contributed by atoms with E-state index in [9.17, 15) is 9.18 Å². The van der Waals surface area contributed by atoms with Crippen molar-refractivity contribution in [2.75, 3.05) is 30.9 Å². The standard InChI is InChI=1S/C14H15FN4O2/c1-19(2)14-16-7-11(8-17-14)18-13(20)9-21-12-5-3-10(15)4-6-12/h3-8H,9H2,1-2H3,(H,18,20). The summed E-state index contributed by atoms with van der Waals surface area (Å²) in [4.78, 5) is 21.6. The second kappa shape index (κ2) is 6.65. The second-order valence-electron chi connectivity index (χ2n) is 4.46. The van der Waals surface area contributed by atoms with Crippen LogP contribution < -0.4 is 15.0 Å². The van der Waals surface area contributed by atoms with Crippen molar-refractivity contribution in [1.82, 2.24) is 9.97 Å². The first-order valence-corrected chi connectivity index (χ1v) is 6.22. The maximum Gasteiger partial charge on any atom is 0.262 e. The van der Waals surface area contributed by atoms with Crippen molar-refractivity contribution in [3.63, 3.8) is 0 Å². The van der Waals surface area contributed by atoms with Gasteiger partial charge in [-0.3, -0.25) is 4.79 Å². The number of ether oxygens (including phenoxy) is 1. The molecule has 0 unspecified atom stereocenters. The first kappa shape index (κ1) is 14.7. The molecule has 6 nitrogen and oxygen atoms in total. The Morgan fingerprint density at radius 1 is 1.24 bits per heavy atom. The molecular formula is C14H15FN4O2. The Kier molecular flexibility index (Phi) is 4.65. The third-order valence-electron chi connectivity index (χ3n) is 2.51. The van der Waals surface area contributed by atoms with Gasteiger partial charge in [-0.15, -0.1) is 0 Å². The van der Waals surface area contributed by atoms with Gasteiger partial charge in [0, 0.05) is 14.1 Å². The Bertz CT molecular complexity index is 599. The van der Waals surface area contributed by atoms with Gasteiger partial charge in [0.2, 0.25) is 5.95 Å². The molecule has 0 radical (unpaired) electrons. The molecule has 0 spiro atoms. The fourth-order valence-corrected chi connectivity index (χ4v) is 1.49. The molecule has 1 N–H and O–H groups in total. The van der Waals surface area contributed by atoms with E-state index < -0.39 is 0 Å². The van der Waals surface area contributed by atoms with Crippen molar-refractivity contribution in [3.8, 4) is 5.75 Å². The molecule has 110 valence electrons. The topological polar surface area (TPSA) is 67.4 Å². The van der Waals surface area contributed by atoms with Gasteiger partial charge < -0.3 is 15.0 Å². The number of aromatic nitrogens is 2. The number of rotatable bonds is 5. The van der Waals surface area contributed by atoms with E-state index in [4.69, 9.17) is 4.74 Å². The van der Waals surface area contributed by atoms with Gasteiger partial charge in [0.1, 0.15) is 11.6 Å². The highest BCUT2D eigenvalue weighted by molar-refractivity contribution is 5.91. The highest BCUT2D eigenvalue weighted by Crippen LogP contribution is 2.11. The van der Waals surface area contributed by atoms with Crippen molar-refractivity contribution in [2.24, 2.45) is 0 Å². The molecule has 21 heavy (non-hydrogen) atoms. The quantitative estimate of drug-likeness (QED) is 0.907. The highest BCUT2D eigenvalue weighted by atomic mass is 19.1. The van der Waals surface area contributed by atoms with E-state index in [1.54, 1.807) is 4.90 Å². The van der Waals surface area contributed by atoms with E-state index in [2.05, 4.69) is 15.3 Å². The molecule has 0 aliphatic carbocycles. The summed E-state index contributed by atoms with van der Waals surface area (Å²) in [6, 6.07) is 5.44. The third kappa shape index (κ3) is 4.41. The summed E-state index contributed by atoms with van der Waals surface area (Å²) in [6.07, 6.45) is 3.02. The average molecular weight is 290 g/mol. The number of benzene rings is 1. The summed E-state index contributed by atoms with van der Waals surface area (Å²) < 4.78 is 17.9. The molecule has 0 aliphatic rings. The van der Waals surface area contributed by atoms with Crippen LogP contribution in [-0.4, -0.2) is 36.6 Å². The summed E-state index contributed by atoms with van der Waals surface area (Å²) in [6.45, 7) is -0.179. The molecule has 1 aromatic heterocycles. The number of amides is 1. The number of carbonyl (C=O) groups is 1. The maximum absolute atomic E-state index is 12.7. The fraction of sp³-hybridized carbons (Fsp3) is 0.214. The summed E-state index contributed by atoms with van der Waals surface area (Å²) in [5, 5.41) is 2.61. The highest BCUT2D eigenvalue weighted by Gasteiger charge is 2.05. The molecule has 2 aromatic rings. The van der Waals surface area contributed by atoms with Gasteiger partial charge in [-0.1, -0.05) is 0 Å². The Hall–Kier alpha value is -2.70. The van der Waals surface area contributed by atoms with Crippen LogP contribution in [0, 0.1) is 5.82 Å². The first-order chi connectivity index (χ1) is 10.0. The molecule has 0 saturated heterocycles. The smallest absolute Gasteiger partial charge is 0.262 e. The Morgan fingerprint density at radius 3 is 2.43 bits per heavy atom. The zero-order valence-electron chi connectivity index (χ0n) is 11.7. The number of halogens is 1. The summed E-state index contributed by atoms with van der Waals surface area (Å²) >= 11 is 0. The van der Waals surface area contributed by atoms with Gasteiger partial charge in [-0.2, -0.15) is 0 Å². The average Bonchev–Trinajstić information content (AvgIpc) is 2.47. The Balaban J connectivity index is 1.85. The van der Waals surface area contributed by atoms with Gasteiger partial charge in [0.05, 0.1) is 18.1 Å². The lowest BCUT2D eigenvalue weighted by Crippen LogP contribution is -2.20. The van der Waals surface area contributed by atoms with E-state index in [0.29, 0.717) is 17.4 Å². The fourth-order valence-electron chi connectivity index (χ4n) is 1.49. The van der Waals surface area contributed by atoms with Crippen molar-refractivity contribution in [3.05, 3.63) is 42.5 Å². The lowest BCUT2D eigenvalue weighted by Gasteiger charge is -2.10. The lowest BCUT2D eigenvalue weighted by molar-refractivity contribution is -0.118. The minimum atomic E-state index is -0.357. The number of carbonyl (C=O) groups excluding carboxylic acids is 1. The van der Waals surface area contributed by atoms with Gasteiger partial charge in [-0.05, 0) is 24.3 Å². The van der Waals surface area contributed by atoms with Crippen LogP contribution in [-0.2, 0) is 4.79 Å². The van der Waals surface area contributed by atoms with Crippen LogP contribution in [0.15, 0.2) is 36.7 Å². The first-order valence-electron chi connectivity index (χ1n) is 6.22. The molecule has 0 saturated carbocycles. The predicted molar refractivity (Wildman–Crippen MR) is 76.9 cm³/mol. The van der Waals surface area contributed by atoms with Crippen LogP contribution in [0.5, 0.6) is 5.75 Å². The Morgan fingerprint density at radius 2 is 1.86 bits per heavy atom. The summed E-state index contributed by atoms with van der Waals surface area (Å²) in [5.74, 6) is 0.270. The van der Waals surface area contributed by atoms with E-state index in [1.807, 2.05) is 14.1 Å². The lowest BCUT2D eigenvalue weighted by atomic mass is 10.3. The van der Waals surface area contributed by atoms with Crippen LogP contribution in [0.1, 0.15) is 0 Å². The zero-order chi connectivity index (χ0) is 15.2. The molecule has 0 fully saturated rings. The van der Waals surface area contributed by atoms with Crippen LogP contribution in [0.25, 0.3) is 0 Å². The molecular weight excluding hydrogens is 275 g/mol. The van der Waals surface area contributed by atoms with E-state index in [1.165, 1.54) is 36.7 Å². The van der Waals surface area contributed by atoms with Crippen LogP contribution in [0.2, 0.25) is 0 Å². The number of hydrogen-bond acceptors (Lipinski definition) is 5. The molecule has 1 aromatic carbocycles. The van der Waals surface area contributed by atoms with Gasteiger partial charge in [-0.25, -0.2) is 14.4 Å². The molecule has 0 atom stereocenters. The molecule has 1 heterocycles. The Labute approximate surface area is 121 Å². The minimum Gasteiger partial charge on any atom is -0.484 e. The van der Waals surface area contributed by atoms with Crippen LogP contribution in [0.3, 0.4) is 0 Å². The van der Waals surface area contributed by atoms with Crippen molar-refractivity contribution in [1.29, 1.82) is 0 Å². The number of anilines is 2. The maximum atomic E-state index is 12.7. The summed E-state index contributed by atoms with van der Waals surface area (Å²) in [5.41, 5.74) is 0.480. The monoisotopic (exact) mass is 290 g/mol. The van der Waals surface area contributed by atoms with E-state index in [0.717, 1.165) is 0 Å². The van der Waals surface area contributed by atoms with Crippen LogP contribution >= 0.6 is 0 Å². The number of nitrogens with one attached hydrogen (secondary N) is 1. The molecule has 0 aliphatic heterocycles. The predicted octanol–water partition coefficient (Wildman–Crippen LogP) is 1.70. The van der Waals surface area contributed by atoms with Crippen LogP contribution in [0.4, 0.5) is 16.0 Å². The number of hydrogen-bond donors (Lipinski definition) is 1. The number of nitrogens with zero attached hydrogens (tertiary/aromatic N) is 3.